The molecule has 1 atom stereocenters. The maximum absolute atomic E-state index is 13.4. The molecular formula is C27H30F2N2O5. The number of Topliss-reactive ketones (excluding diaryl/α,β-unsaturated/α-hetero) is 1. The Labute approximate surface area is 209 Å². The van der Waals surface area contributed by atoms with Crippen LogP contribution in [0, 0.1) is 6.92 Å². The van der Waals surface area contributed by atoms with Gasteiger partial charge in [0.1, 0.15) is 5.78 Å². The Morgan fingerprint density at radius 3 is 2.64 bits per heavy atom. The topological polar surface area (TPSA) is 90.7 Å². The minimum absolute atomic E-state index is 0. The summed E-state index contributed by atoms with van der Waals surface area (Å²) in [5.41, 5.74) is 2.47. The van der Waals surface area contributed by atoms with Gasteiger partial charge in [0.25, 0.3) is 5.56 Å². The first-order valence-electron chi connectivity index (χ1n) is 11.9. The van der Waals surface area contributed by atoms with E-state index in [9.17, 15) is 23.5 Å². The summed E-state index contributed by atoms with van der Waals surface area (Å²) in [6.07, 6.45) is -0.830. The third kappa shape index (κ3) is 4.51. The molecule has 0 bridgehead atoms. The Morgan fingerprint density at radius 2 is 1.92 bits per heavy atom. The van der Waals surface area contributed by atoms with Crippen LogP contribution in [0.25, 0.3) is 11.3 Å². The van der Waals surface area contributed by atoms with Gasteiger partial charge in [0, 0.05) is 32.8 Å². The third-order valence-electron chi connectivity index (χ3n) is 6.87. The lowest BCUT2D eigenvalue weighted by atomic mass is 9.88. The number of hydrogen-bond acceptors (Lipinski definition) is 6. The van der Waals surface area contributed by atoms with Gasteiger partial charge in [0.2, 0.25) is 0 Å². The van der Waals surface area contributed by atoms with Gasteiger partial charge in [-0.15, -0.1) is 8.78 Å². The molecule has 192 valence electrons. The van der Waals surface area contributed by atoms with E-state index in [0.29, 0.717) is 41.8 Å². The van der Waals surface area contributed by atoms with Gasteiger partial charge >= 0.3 is 6.29 Å². The van der Waals surface area contributed by atoms with Crippen LogP contribution in [0.15, 0.2) is 53.5 Å². The highest BCUT2D eigenvalue weighted by atomic mass is 19.3. The van der Waals surface area contributed by atoms with Crippen LogP contribution in [-0.2, 0) is 23.2 Å². The molecule has 9 heteroatoms. The van der Waals surface area contributed by atoms with Crippen molar-refractivity contribution < 1.29 is 31.0 Å². The number of halogens is 2. The maximum atomic E-state index is 13.4. The number of pyridine rings is 2. The summed E-state index contributed by atoms with van der Waals surface area (Å²) in [4.78, 5) is 30.3. The molecule has 5 rings (SSSR count). The average molecular weight is 501 g/mol. The Kier molecular flexibility index (Phi) is 5.90. The van der Waals surface area contributed by atoms with Crippen LogP contribution in [-0.4, -0.2) is 32.8 Å². The highest BCUT2D eigenvalue weighted by molar-refractivity contribution is 5.94. The van der Waals surface area contributed by atoms with Crippen LogP contribution in [0.5, 0.6) is 11.5 Å². The summed E-state index contributed by atoms with van der Waals surface area (Å²) in [7, 11) is 0. The zero-order valence-corrected chi connectivity index (χ0v) is 20.0. The fourth-order valence-electron chi connectivity index (χ4n) is 4.56. The molecule has 1 saturated carbocycles. The Morgan fingerprint density at radius 1 is 1.17 bits per heavy atom. The second-order valence-electron chi connectivity index (χ2n) is 9.45. The summed E-state index contributed by atoms with van der Waals surface area (Å²) < 4.78 is 37.3. The number of aryl methyl sites for hydroxylation is 1. The van der Waals surface area contributed by atoms with E-state index >= 15 is 0 Å². The summed E-state index contributed by atoms with van der Waals surface area (Å²) >= 11 is 0. The quantitative estimate of drug-likeness (QED) is 0.484. The Bertz CT molecular complexity index is 1410. The molecule has 36 heavy (non-hydrogen) atoms. The number of fused-ring (bicyclic) bond motifs is 1. The molecule has 0 saturated heterocycles. The number of rotatable bonds is 8. The first-order chi connectivity index (χ1) is 17.1. The van der Waals surface area contributed by atoms with Gasteiger partial charge in [-0.3, -0.25) is 14.6 Å². The molecule has 1 N–H and O–H groups in total. The van der Waals surface area contributed by atoms with Gasteiger partial charge in [-0.05, 0) is 61.6 Å². The standard InChI is InChI=1S/C27H26F2N2O5.2H2/c1-3-20(32)15-31-14-17(5-9-24(31)34)25-16(2)4-7-19(30-25)13-23(33)26(10-11-26)18-6-8-21-22(12-18)36-27(28,29)35-21;;/h4-9,12,14,20,32H,3,10-11,13,15H2,1-2H3;2*1H/t20-;;/m0../s1. The summed E-state index contributed by atoms with van der Waals surface area (Å²) in [6.45, 7) is 3.93. The number of ketones is 1. The molecule has 0 radical (unpaired) electrons. The lowest BCUT2D eigenvalue weighted by Crippen LogP contribution is -2.26. The fraction of sp³-hybridized carbons (Fsp3) is 0.370. The van der Waals surface area contributed by atoms with Crippen molar-refractivity contribution >= 4 is 5.78 Å². The summed E-state index contributed by atoms with van der Waals surface area (Å²) in [5.74, 6) is -0.174. The molecule has 1 aliphatic carbocycles. The number of hydrogen-bond donors (Lipinski definition) is 1. The SMILES string of the molecule is CC[C@H](O)Cn1cc(-c2nc(CC(=O)C3(c4ccc5c(c4)OC(F)(F)O5)CC3)ccc2C)ccc1=O.[HH].[HH]. The normalized spacial score (nSPS) is 17.6. The molecule has 3 heterocycles. The van der Waals surface area contributed by atoms with E-state index in [1.165, 1.54) is 22.8 Å². The second kappa shape index (κ2) is 8.81. The van der Waals surface area contributed by atoms with Crippen LogP contribution in [0.3, 0.4) is 0 Å². The van der Waals surface area contributed by atoms with Gasteiger partial charge in [-0.1, -0.05) is 19.1 Å². The van der Waals surface area contributed by atoms with Crippen molar-refractivity contribution in [1.29, 1.82) is 0 Å². The van der Waals surface area contributed by atoms with E-state index in [1.807, 2.05) is 19.9 Å². The number of aromatic nitrogens is 2. The lowest BCUT2D eigenvalue weighted by molar-refractivity contribution is -0.286. The fourth-order valence-corrected chi connectivity index (χ4v) is 4.56. The van der Waals surface area contributed by atoms with Crippen LogP contribution in [0.4, 0.5) is 8.78 Å². The zero-order valence-electron chi connectivity index (χ0n) is 20.0. The number of ether oxygens (including phenoxy) is 2. The highest BCUT2D eigenvalue weighted by Gasteiger charge is 2.52. The number of nitrogens with zero attached hydrogens (tertiary/aromatic N) is 2. The first-order valence-corrected chi connectivity index (χ1v) is 11.9. The van der Waals surface area contributed by atoms with Crippen molar-refractivity contribution in [3.63, 3.8) is 0 Å². The molecule has 0 amide bonds. The van der Waals surface area contributed by atoms with Crippen LogP contribution in [0.1, 0.15) is 45.9 Å². The van der Waals surface area contributed by atoms with E-state index in [0.717, 1.165) is 5.56 Å². The van der Waals surface area contributed by atoms with Crippen molar-refractivity contribution in [2.45, 2.75) is 63.9 Å². The number of benzene rings is 1. The molecule has 2 aromatic heterocycles. The van der Waals surface area contributed by atoms with Crippen LogP contribution < -0.4 is 15.0 Å². The van der Waals surface area contributed by atoms with Crippen molar-refractivity contribution in [3.05, 3.63) is 75.8 Å². The Hall–Kier alpha value is -3.59. The van der Waals surface area contributed by atoms with Gasteiger partial charge in [-0.2, -0.15) is 0 Å². The average Bonchev–Trinajstić information content (AvgIpc) is 3.58. The van der Waals surface area contributed by atoms with Gasteiger partial charge < -0.3 is 19.1 Å². The predicted octanol–water partition coefficient (Wildman–Crippen LogP) is 4.65. The molecule has 0 spiro atoms. The number of aliphatic hydroxyl groups is 1. The molecule has 1 aromatic carbocycles. The number of carbonyl (C=O) groups is 1. The van der Waals surface area contributed by atoms with Gasteiger partial charge in [0.15, 0.2) is 11.5 Å². The molecule has 7 nitrogen and oxygen atoms in total. The van der Waals surface area contributed by atoms with E-state index in [2.05, 4.69) is 9.47 Å². The van der Waals surface area contributed by atoms with Crippen LogP contribution >= 0.6 is 0 Å². The first kappa shape index (κ1) is 24.1. The largest absolute Gasteiger partial charge is 0.586 e. The second-order valence-corrected chi connectivity index (χ2v) is 9.45. The molecule has 3 aromatic rings. The lowest BCUT2D eigenvalue weighted by Gasteiger charge is -2.16. The number of alkyl halides is 2. The molecule has 2 aliphatic rings. The number of aliphatic hydroxyl groups excluding tert-OH is 1. The highest BCUT2D eigenvalue weighted by Crippen LogP contribution is 2.52. The summed E-state index contributed by atoms with van der Waals surface area (Å²) in [6, 6.07) is 11.3. The zero-order chi connectivity index (χ0) is 25.7. The van der Waals surface area contributed by atoms with Crippen molar-refractivity contribution in [2.75, 3.05) is 0 Å². The minimum atomic E-state index is -3.71. The predicted molar refractivity (Wildman–Crippen MR) is 131 cm³/mol. The minimum Gasteiger partial charge on any atom is -0.395 e. The van der Waals surface area contributed by atoms with E-state index in [4.69, 9.17) is 4.98 Å². The van der Waals surface area contributed by atoms with E-state index < -0.39 is 17.8 Å². The van der Waals surface area contributed by atoms with Crippen molar-refractivity contribution in [2.24, 2.45) is 0 Å². The third-order valence-corrected chi connectivity index (χ3v) is 6.87. The maximum Gasteiger partial charge on any atom is 0.586 e. The molecular weight excluding hydrogens is 470 g/mol. The monoisotopic (exact) mass is 500 g/mol. The Balaban J connectivity index is 0.00000200. The van der Waals surface area contributed by atoms with Gasteiger partial charge in [-0.25, -0.2) is 0 Å². The number of carbonyl (C=O) groups excluding carboxylic acids is 1. The molecule has 1 aliphatic heterocycles. The molecule has 1 fully saturated rings. The summed E-state index contributed by atoms with van der Waals surface area (Å²) in [5, 5.41) is 9.98. The van der Waals surface area contributed by atoms with E-state index in [1.54, 1.807) is 24.4 Å². The van der Waals surface area contributed by atoms with Crippen molar-refractivity contribution in [1.82, 2.24) is 9.55 Å². The smallest absolute Gasteiger partial charge is 0.395 e. The van der Waals surface area contributed by atoms with Crippen LogP contribution in [0.2, 0.25) is 0 Å². The molecule has 0 unspecified atom stereocenters. The van der Waals surface area contributed by atoms with E-state index in [-0.39, 0.29) is 38.7 Å². The van der Waals surface area contributed by atoms with Gasteiger partial charge in [0.05, 0.1) is 23.8 Å². The van der Waals surface area contributed by atoms with Crippen molar-refractivity contribution in [3.8, 4) is 22.8 Å².